The van der Waals surface area contributed by atoms with Crippen molar-refractivity contribution >= 4 is 5.97 Å². The molecule has 114 valence electrons. The van der Waals surface area contributed by atoms with Crippen molar-refractivity contribution in [2.24, 2.45) is 0 Å². The molecule has 0 spiro atoms. The lowest BCUT2D eigenvalue weighted by atomic mass is 10.1. The predicted molar refractivity (Wildman–Crippen MR) is 82.6 cm³/mol. The van der Waals surface area contributed by atoms with E-state index in [4.69, 9.17) is 4.74 Å². The van der Waals surface area contributed by atoms with Crippen LogP contribution in [0.25, 0.3) is 0 Å². The number of rotatable bonds is 4. The number of carbonyl (C=O) groups is 1. The molecule has 4 heteroatoms. The number of hydrogen-bond acceptors (Lipinski definition) is 4. The van der Waals surface area contributed by atoms with Gasteiger partial charge in [-0.25, -0.2) is 0 Å². The third-order valence-corrected chi connectivity index (χ3v) is 4.45. The van der Waals surface area contributed by atoms with Crippen LogP contribution in [0, 0.1) is 13.8 Å². The van der Waals surface area contributed by atoms with Gasteiger partial charge in [0.25, 0.3) is 0 Å². The minimum Gasteiger partial charge on any atom is -0.425 e. The molecule has 3 rings (SSSR count). The average Bonchev–Trinajstić information content (AvgIpc) is 3.28. The van der Waals surface area contributed by atoms with Gasteiger partial charge in [-0.15, -0.1) is 0 Å². The molecule has 0 atom stereocenters. The molecule has 4 nitrogen and oxygen atoms in total. The van der Waals surface area contributed by atoms with Gasteiger partial charge in [-0.1, -0.05) is 18.2 Å². The lowest BCUT2D eigenvalue weighted by molar-refractivity contribution is -0.136. The molecule has 0 aromatic heterocycles. The normalized spacial score (nSPS) is 20.5. The fraction of sp³-hybridized carbons (Fsp3) is 0.588. The van der Waals surface area contributed by atoms with Crippen molar-refractivity contribution in [1.29, 1.82) is 0 Å². The summed E-state index contributed by atoms with van der Waals surface area (Å²) in [7, 11) is 0. The molecule has 1 aliphatic heterocycles. The number of aryl methyl sites for hydroxylation is 2. The zero-order chi connectivity index (χ0) is 14.8. The van der Waals surface area contributed by atoms with Crippen LogP contribution in [-0.4, -0.2) is 54.5 Å². The van der Waals surface area contributed by atoms with Crippen molar-refractivity contribution in [2.45, 2.75) is 32.7 Å². The van der Waals surface area contributed by atoms with E-state index in [1.165, 1.54) is 12.8 Å². The maximum atomic E-state index is 12.1. The van der Waals surface area contributed by atoms with Gasteiger partial charge in [0.15, 0.2) is 0 Å². The Morgan fingerprint density at radius 2 is 1.76 bits per heavy atom. The van der Waals surface area contributed by atoms with Crippen LogP contribution in [0.1, 0.15) is 24.0 Å². The molecule has 0 amide bonds. The molecule has 0 unspecified atom stereocenters. The Kier molecular flexibility index (Phi) is 4.27. The molecule has 1 aliphatic carbocycles. The second-order valence-electron chi connectivity index (χ2n) is 6.24. The lowest BCUT2D eigenvalue weighted by Gasteiger charge is -2.34. The van der Waals surface area contributed by atoms with E-state index in [9.17, 15) is 4.79 Å². The Morgan fingerprint density at radius 3 is 2.33 bits per heavy atom. The molecule has 1 saturated carbocycles. The van der Waals surface area contributed by atoms with Crippen LogP contribution in [0.15, 0.2) is 18.2 Å². The second kappa shape index (κ2) is 6.16. The molecular formula is C17H24N2O2. The third kappa shape index (κ3) is 3.63. The van der Waals surface area contributed by atoms with Crippen LogP contribution in [-0.2, 0) is 4.79 Å². The second-order valence-corrected chi connectivity index (χ2v) is 6.24. The number of benzene rings is 1. The fourth-order valence-corrected chi connectivity index (χ4v) is 3.02. The van der Waals surface area contributed by atoms with Crippen molar-refractivity contribution in [3.05, 3.63) is 29.3 Å². The number of piperazine rings is 1. The fourth-order valence-electron chi connectivity index (χ4n) is 3.02. The van der Waals surface area contributed by atoms with E-state index in [2.05, 4.69) is 9.80 Å². The zero-order valence-electron chi connectivity index (χ0n) is 13.0. The van der Waals surface area contributed by atoms with Crippen molar-refractivity contribution in [2.75, 3.05) is 32.7 Å². The molecule has 1 aromatic carbocycles. The largest absolute Gasteiger partial charge is 0.425 e. The van der Waals surface area contributed by atoms with E-state index in [1.54, 1.807) is 0 Å². The molecule has 0 radical (unpaired) electrons. The SMILES string of the molecule is Cc1cccc(C)c1OC(=O)CN1CCN(C2CC2)CC1. The molecule has 2 aliphatic rings. The van der Waals surface area contributed by atoms with Gasteiger partial charge in [0.05, 0.1) is 6.54 Å². The van der Waals surface area contributed by atoms with Crippen molar-refractivity contribution in [1.82, 2.24) is 9.80 Å². The molecule has 1 aromatic rings. The highest BCUT2D eigenvalue weighted by Gasteiger charge is 2.31. The minimum absolute atomic E-state index is 0.146. The summed E-state index contributed by atoms with van der Waals surface area (Å²) >= 11 is 0. The van der Waals surface area contributed by atoms with Gasteiger partial charge in [-0.3, -0.25) is 14.6 Å². The summed E-state index contributed by atoms with van der Waals surface area (Å²) in [6.45, 7) is 8.46. The first-order valence-electron chi connectivity index (χ1n) is 7.87. The maximum Gasteiger partial charge on any atom is 0.325 e. The van der Waals surface area contributed by atoms with Crippen LogP contribution >= 0.6 is 0 Å². The summed E-state index contributed by atoms with van der Waals surface area (Å²) in [5, 5.41) is 0. The summed E-state index contributed by atoms with van der Waals surface area (Å²) in [4.78, 5) is 16.9. The van der Waals surface area contributed by atoms with E-state index in [0.717, 1.165) is 49.1 Å². The number of carbonyl (C=O) groups excluding carboxylic acids is 1. The van der Waals surface area contributed by atoms with E-state index in [-0.39, 0.29) is 5.97 Å². The summed E-state index contributed by atoms with van der Waals surface area (Å²) in [5.41, 5.74) is 2.03. The van der Waals surface area contributed by atoms with Gasteiger partial charge >= 0.3 is 5.97 Å². The number of esters is 1. The Morgan fingerprint density at radius 1 is 1.14 bits per heavy atom. The van der Waals surface area contributed by atoms with E-state index < -0.39 is 0 Å². The summed E-state index contributed by atoms with van der Waals surface area (Å²) < 4.78 is 5.57. The highest BCUT2D eigenvalue weighted by atomic mass is 16.5. The standard InChI is InChI=1S/C17H24N2O2/c1-13-4-3-5-14(2)17(13)21-16(20)12-18-8-10-19(11-9-18)15-6-7-15/h3-5,15H,6-12H2,1-2H3. The molecule has 21 heavy (non-hydrogen) atoms. The highest BCUT2D eigenvalue weighted by Crippen LogP contribution is 2.27. The van der Waals surface area contributed by atoms with Crippen molar-refractivity contribution in [3.63, 3.8) is 0 Å². The van der Waals surface area contributed by atoms with E-state index in [0.29, 0.717) is 6.54 Å². The van der Waals surface area contributed by atoms with Crippen LogP contribution in [0.2, 0.25) is 0 Å². The zero-order valence-corrected chi connectivity index (χ0v) is 13.0. The Bertz CT molecular complexity index is 497. The highest BCUT2D eigenvalue weighted by molar-refractivity contribution is 5.75. The molecule has 0 N–H and O–H groups in total. The average molecular weight is 288 g/mol. The molecule has 1 heterocycles. The first kappa shape index (κ1) is 14.5. The summed E-state index contributed by atoms with van der Waals surface area (Å²) in [5.74, 6) is 0.575. The Balaban J connectivity index is 1.50. The van der Waals surface area contributed by atoms with Crippen molar-refractivity contribution < 1.29 is 9.53 Å². The monoisotopic (exact) mass is 288 g/mol. The van der Waals surface area contributed by atoms with Crippen LogP contribution in [0.3, 0.4) is 0 Å². The Labute approximate surface area is 126 Å². The van der Waals surface area contributed by atoms with E-state index >= 15 is 0 Å². The molecule has 1 saturated heterocycles. The predicted octanol–water partition coefficient (Wildman–Crippen LogP) is 1.99. The molecule has 0 bridgehead atoms. The lowest BCUT2D eigenvalue weighted by Crippen LogP contribution is -2.49. The van der Waals surface area contributed by atoms with Crippen LogP contribution in [0.5, 0.6) is 5.75 Å². The summed E-state index contributed by atoms with van der Waals surface area (Å²) in [6.07, 6.45) is 2.71. The van der Waals surface area contributed by atoms with Crippen LogP contribution < -0.4 is 4.74 Å². The number of hydrogen-bond donors (Lipinski definition) is 0. The number of nitrogens with zero attached hydrogens (tertiary/aromatic N) is 2. The van der Waals surface area contributed by atoms with Crippen molar-refractivity contribution in [3.8, 4) is 5.75 Å². The summed E-state index contributed by atoms with van der Waals surface area (Å²) in [6, 6.07) is 6.77. The minimum atomic E-state index is -0.146. The topological polar surface area (TPSA) is 32.8 Å². The first-order chi connectivity index (χ1) is 10.1. The first-order valence-corrected chi connectivity index (χ1v) is 7.87. The van der Waals surface area contributed by atoms with Gasteiger partial charge < -0.3 is 4.74 Å². The smallest absolute Gasteiger partial charge is 0.325 e. The van der Waals surface area contributed by atoms with Gasteiger partial charge in [-0.05, 0) is 37.8 Å². The van der Waals surface area contributed by atoms with E-state index in [1.807, 2.05) is 32.0 Å². The maximum absolute atomic E-state index is 12.1. The van der Waals surface area contributed by atoms with Gasteiger partial charge in [0.1, 0.15) is 5.75 Å². The number of ether oxygens (including phenoxy) is 1. The van der Waals surface area contributed by atoms with Gasteiger partial charge in [0, 0.05) is 32.2 Å². The Hall–Kier alpha value is -1.39. The van der Waals surface area contributed by atoms with Gasteiger partial charge in [-0.2, -0.15) is 0 Å². The molecule has 2 fully saturated rings. The molecular weight excluding hydrogens is 264 g/mol. The quantitative estimate of drug-likeness (QED) is 0.626. The van der Waals surface area contributed by atoms with Crippen LogP contribution in [0.4, 0.5) is 0 Å². The van der Waals surface area contributed by atoms with Gasteiger partial charge in [0.2, 0.25) is 0 Å². The third-order valence-electron chi connectivity index (χ3n) is 4.45. The number of para-hydroxylation sites is 1.